The molecule has 19 heavy (non-hydrogen) atoms. The average molecular weight is 260 g/mol. The topological polar surface area (TPSA) is 27.0 Å². The van der Waals surface area contributed by atoms with Gasteiger partial charge in [-0.25, -0.2) is 4.39 Å². The van der Waals surface area contributed by atoms with Gasteiger partial charge in [0.2, 0.25) is 0 Å². The summed E-state index contributed by atoms with van der Waals surface area (Å²) in [6, 6.07) is 9.50. The summed E-state index contributed by atoms with van der Waals surface area (Å²) in [5.74, 6) is 0.543. The number of hydrogen-bond donors (Lipinski definition) is 0. The van der Waals surface area contributed by atoms with Gasteiger partial charge in [0.05, 0.1) is 6.07 Å². The minimum Gasteiger partial charge on any atom is -0.299 e. The zero-order valence-corrected chi connectivity index (χ0v) is 11.5. The van der Waals surface area contributed by atoms with Crippen molar-refractivity contribution in [2.45, 2.75) is 38.1 Å². The van der Waals surface area contributed by atoms with Crippen LogP contribution in [0, 0.1) is 23.1 Å². The highest BCUT2D eigenvalue weighted by atomic mass is 19.1. The molecule has 0 amide bonds. The Hall–Kier alpha value is -1.40. The lowest BCUT2D eigenvalue weighted by molar-refractivity contribution is 0.217. The molecule has 1 fully saturated rings. The molecule has 0 bridgehead atoms. The van der Waals surface area contributed by atoms with E-state index in [1.54, 1.807) is 12.1 Å². The molecule has 0 spiro atoms. The van der Waals surface area contributed by atoms with E-state index in [-0.39, 0.29) is 5.82 Å². The third-order valence-corrected chi connectivity index (χ3v) is 3.80. The number of rotatable bonds is 7. The van der Waals surface area contributed by atoms with E-state index in [2.05, 4.69) is 18.0 Å². The number of benzene rings is 1. The summed E-state index contributed by atoms with van der Waals surface area (Å²) in [4.78, 5) is 2.36. The van der Waals surface area contributed by atoms with Gasteiger partial charge in [-0.3, -0.25) is 4.90 Å². The second-order valence-corrected chi connectivity index (χ2v) is 5.43. The normalized spacial score (nSPS) is 16.3. The molecule has 2 nitrogen and oxygen atoms in total. The molecule has 1 aliphatic rings. The Morgan fingerprint density at radius 1 is 1.32 bits per heavy atom. The first-order chi connectivity index (χ1) is 9.22. The standard InChI is InChI=1S/C16H21FN2/c1-19(12-4-2-3-11-18)16(13-5-6-13)14-7-9-15(17)10-8-14/h7-10,13,16H,2-6,12H2,1H3/t16-/m0/s1. The first-order valence-corrected chi connectivity index (χ1v) is 7.05. The van der Waals surface area contributed by atoms with Crippen LogP contribution in [-0.4, -0.2) is 18.5 Å². The van der Waals surface area contributed by atoms with Gasteiger partial charge in [0, 0.05) is 12.5 Å². The van der Waals surface area contributed by atoms with E-state index in [1.807, 2.05) is 12.1 Å². The number of hydrogen-bond acceptors (Lipinski definition) is 2. The highest BCUT2D eigenvalue weighted by Crippen LogP contribution is 2.44. The summed E-state index contributed by atoms with van der Waals surface area (Å²) < 4.78 is 13.0. The van der Waals surface area contributed by atoms with E-state index in [0.29, 0.717) is 18.4 Å². The van der Waals surface area contributed by atoms with Gasteiger partial charge < -0.3 is 0 Å². The van der Waals surface area contributed by atoms with E-state index in [0.717, 1.165) is 19.4 Å². The highest BCUT2D eigenvalue weighted by molar-refractivity contribution is 5.22. The predicted octanol–water partition coefficient (Wildman–Crippen LogP) is 3.90. The molecule has 0 unspecified atom stereocenters. The van der Waals surface area contributed by atoms with Gasteiger partial charge in [0.1, 0.15) is 5.82 Å². The quantitative estimate of drug-likeness (QED) is 0.695. The molecular weight excluding hydrogens is 239 g/mol. The van der Waals surface area contributed by atoms with Crippen molar-refractivity contribution in [1.29, 1.82) is 5.26 Å². The zero-order valence-electron chi connectivity index (χ0n) is 11.5. The van der Waals surface area contributed by atoms with E-state index in [1.165, 1.54) is 18.4 Å². The van der Waals surface area contributed by atoms with Crippen LogP contribution >= 0.6 is 0 Å². The van der Waals surface area contributed by atoms with Crippen molar-refractivity contribution in [3.05, 3.63) is 35.6 Å². The van der Waals surface area contributed by atoms with Crippen LogP contribution in [0.3, 0.4) is 0 Å². The number of nitrogens with zero attached hydrogens (tertiary/aromatic N) is 2. The molecule has 102 valence electrons. The van der Waals surface area contributed by atoms with Crippen LogP contribution in [0.5, 0.6) is 0 Å². The first-order valence-electron chi connectivity index (χ1n) is 7.05. The second kappa shape index (κ2) is 6.68. The third-order valence-electron chi connectivity index (χ3n) is 3.80. The molecule has 0 heterocycles. The van der Waals surface area contributed by atoms with Gasteiger partial charge in [-0.2, -0.15) is 5.26 Å². The SMILES string of the molecule is CN(CCCCC#N)[C@H](c1ccc(F)cc1)C1CC1. The molecule has 1 aromatic rings. The molecule has 1 aromatic carbocycles. The molecule has 1 saturated carbocycles. The van der Waals surface area contributed by atoms with Gasteiger partial charge in [-0.05, 0) is 62.9 Å². The lowest BCUT2D eigenvalue weighted by Crippen LogP contribution is -2.27. The largest absolute Gasteiger partial charge is 0.299 e. The Morgan fingerprint density at radius 2 is 2.00 bits per heavy atom. The van der Waals surface area contributed by atoms with Crippen LogP contribution in [0.2, 0.25) is 0 Å². The molecule has 0 radical (unpaired) electrons. The van der Waals surface area contributed by atoms with Crippen molar-refractivity contribution in [3.8, 4) is 6.07 Å². The minimum atomic E-state index is -0.171. The Labute approximate surface area is 114 Å². The van der Waals surface area contributed by atoms with Gasteiger partial charge in [-0.15, -0.1) is 0 Å². The van der Waals surface area contributed by atoms with E-state index in [4.69, 9.17) is 5.26 Å². The molecule has 0 aliphatic heterocycles. The van der Waals surface area contributed by atoms with E-state index >= 15 is 0 Å². The summed E-state index contributed by atoms with van der Waals surface area (Å²) in [5.41, 5.74) is 1.21. The monoisotopic (exact) mass is 260 g/mol. The van der Waals surface area contributed by atoms with Gasteiger partial charge in [0.25, 0.3) is 0 Å². The van der Waals surface area contributed by atoms with Crippen molar-refractivity contribution in [3.63, 3.8) is 0 Å². The molecule has 0 saturated heterocycles. The predicted molar refractivity (Wildman–Crippen MR) is 74.0 cm³/mol. The molecule has 1 aliphatic carbocycles. The van der Waals surface area contributed by atoms with E-state index < -0.39 is 0 Å². The second-order valence-electron chi connectivity index (χ2n) is 5.43. The first kappa shape index (κ1) is 14.0. The van der Waals surface area contributed by atoms with Gasteiger partial charge in [-0.1, -0.05) is 12.1 Å². The maximum Gasteiger partial charge on any atom is 0.123 e. The fraction of sp³-hybridized carbons (Fsp3) is 0.562. The number of unbranched alkanes of at least 4 members (excludes halogenated alkanes) is 2. The Morgan fingerprint density at radius 3 is 2.58 bits per heavy atom. The average Bonchev–Trinajstić information content (AvgIpc) is 3.22. The van der Waals surface area contributed by atoms with E-state index in [9.17, 15) is 4.39 Å². The van der Waals surface area contributed by atoms with Crippen molar-refractivity contribution in [2.75, 3.05) is 13.6 Å². The third kappa shape index (κ3) is 4.04. The Balaban J connectivity index is 1.95. The molecule has 3 heteroatoms. The van der Waals surface area contributed by atoms with Crippen LogP contribution in [0.1, 0.15) is 43.7 Å². The maximum absolute atomic E-state index is 13.0. The maximum atomic E-state index is 13.0. The van der Waals surface area contributed by atoms with Gasteiger partial charge >= 0.3 is 0 Å². The lowest BCUT2D eigenvalue weighted by atomic mass is 10.0. The lowest BCUT2D eigenvalue weighted by Gasteiger charge is -2.28. The van der Waals surface area contributed by atoms with Gasteiger partial charge in [0.15, 0.2) is 0 Å². The Bertz CT molecular complexity index is 431. The van der Waals surface area contributed by atoms with Crippen LogP contribution in [0.4, 0.5) is 4.39 Å². The molecule has 0 aromatic heterocycles. The smallest absolute Gasteiger partial charge is 0.123 e. The summed E-state index contributed by atoms with van der Waals surface area (Å²) >= 11 is 0. The highest BCUT2D eigenvalue weighted by Gasteiger charge is 2.34. The fourth-order valence-corrected chi connectivity index (χ4v) is 2.66. The zero-order chi connectivity index (χ0) is 13.7. The van der Waals surface area contributed by atoms with Crippen LogP contribution in [0.15, 0.2) is 24.3 Å². The summed E-state index contributed by atoms with van der Waals surface area (Å²) in [5, 5.41) is 8.54. The summed E-state index contributed by atoms with van der Waals surface area (Å²) in [6.07, 6.45) is 5.18. The number of halogens is 1. The summed E-state index contributed by atoms with van der Waals surface area (Å²) in [6.45, 7) is 1.00. The molecular formula is C16H21FN2. The van der Waals surface area contributed by atoms with Crippen LogP contribution < -0.4 is 0 Å². The summed E-state index contributed by atoms with van der Waals surface area (Å²) in [7, 11) is 2.14. The van der Waals surface area contributed by atoms with Crippen molar-refractivity contribution < 1.29 is 4.39 Å². The molecule has 2 rings (SSSR count). The molecule has 0 N–H and O–H groups in total. The van der Waals surface area contributed by atoms with Crippen LogP contribution in [0.25, 0.3) is 0 Å². The van der Waals surface area contributed by atoms with Crippen molar-refractivity contribution in [2.24, 2.45) is 5.92 Å². The fourth-order valence-electron chi connectivity index (χ4n) is 2.66. The van der Waals surface area contributed by atoms with Crippen LogP contribution in [-0.2, 0) is 0 Å². The molecule has 1 atom stereocenters. The Kier molecular flexibility index (Phi) is 4.93. The van der Waals surface area contributed by atoms with Crippen molar-refractivity contribution in [1.82, 2.24) is 4.90 Å². The van der Waals surface area contributed by atoms with Crippen molar-refractivity contribution >= 4 is 0 Å². The minimum absolute atomic E-state index is 0.171. The number of nitriles is 1.